The Kier molecular flexibility index (Phi) is 14.2. The van der Waals surface area contributed by atoms with Crippen LogP contribution in [0.5, 0.6) is 11.5 Å². The average molecular weight is 992 g/mol. The maximum absolute atomic E-state index is 13.6. The van der Waals surface area contributed by atoms with Gasteiger partial charge in [0.2, 0.25) is 17.7 Å². The number of alkyl halides is 3. The number of halogens is 3. The van der Waals surface area contributed by atoms with Crippen LogP contribution in [0.15, 0.2) is 72.8 Å². The number of nitrogens with two attached hydrogens (primary N) is 1. The molecule has 1 aromatic heterocycles. The lowest BCUT2D eigenvalue weighted by Gasteiger charge is -2.45. The normalized spacial score (nSPS) is 21.0. The Morgan fingerprint density at radius 2 is 1.50 bits per heavy atom. The van der Waals surface area contributed by atoms with E-state index in [9.17, 15) is 41.9 Å². The van der Waals surface area contributed by atoms with Gasteiger partial charge in [0.05, 0.1) is 23.7 Å². The third-order valence-corrected chi connectivity index (χ3v) is 14.2. The van der Waals surface area contributed by atoms with E-state index >= 15 is 0 Å². The fourth-order valence-corrected chi connectivity index (χ4v) is 10.4. The number of ether oxygens (including phenoxy) is 1. The Morgan fingerprint density at radius 3 is 2.15 bits per heavy atom. The predicted octanol–water partition coefficient (Wildman–Crippen LogP) is 4.52. The molecule has 5 N–H and O–H groups in total. The SMILES string of the molecule is NC(=O)c1c(-c2ccc(Oc3ccccc3)cc2)nn2c1NCC[C@H]2C1CCN(C(=O)CN2CCC(N3CC(C#Cc4ccc5c(c4)C(=O)N(C4CCC(=O)NC4=O)C5=O)C3)CC2)CC1.O=C(O)C(F)(F)F. The van der Waals surface area contributed by atoms with E-state index < -0.39 is 47.7 Å². The van der Waals surface area contributed by atoms with Crippen molar-refractivity contribution < 1.29 is 56.6 Å². The van der Waals surface area contributed by atoms with Crippen LogP contribution >= 0.6 is 0 Å². The molecular formula is C51H52F3N9O9. The molecule has 6 aliphatic rings. The van der Waals surface area contributed by atoms with Gasteiger partial charge in [-0.2, -0.15) is 18.3 Å². The lowest BCUT2D eigenvalue weighted by Crippen LogP contribution is -2.55. The summed E-state index contributed by atoms with van der Waals surface area (Å²) in [5.74, 6) is 3.88. The van der Waals surface area contributed by atoms with Gasteiger partial charge >= 0.3 is 12.1 Å². The van der Waals surface area contributed by atoms with E-state index in [1.54, 1.807) is 18.2 Å². The van der Waals surface area contributed by atoms with Crippen LogP contribution in [-0.4, -0.2) is 147 Å². The molecule has 0 spiro atoms. The van der Waals surface area contributed by atoms with E-state index in [2.05, 4.69) is 32.3 Å². The minimum atomic E-state index is -5.08. The van der Waals surface area contributed by atoms with Crippen LogP contribution in [0, 0.1) is 23.7 Å². The molecule has 0 aliphatic carbocycles. The fraction of sp³-hybridized carbons (Fsp3) is 0.412. The summed E-state index contributed by atoms with van der Waals surface area (Å²) in [7, 11) is 0. The molecule has 0 bridgehead atoms. The van der Waals surface area contributed by atoms with E-state index in [1.807, 2.05) is 64.2 Å². The van der Waals surface area contributed by atoms with Crippen molar-refractivity contribution in [2.75, 3.05) is 57.7 Å². The zero-order chi connectivity index (χ0) is 50.8. The van der Waals surface area contributed by atoms with Gasteiger partial charge in [-0.3, -0.25) is 48.8 Å². The number of hydrogen-bond donors (Lipinski definition) is 4. The Bertz CT molecular complexity index is 2840. The zero-order valence-electron chi connectivity index (χ0n) is 39.0. The Labute approximate surface area is 411 Å². The molecule has 3 aromatic carbocycles. The molecule has 4 saturated heterocycles. The molecule has 18 nitrogen and oxygen atoms in total. The van der Waals surface area contributed by atoms with Crippen molar-refractivity contribution in [2.24, 2.45) is 17.6 Å². The molecule has 1 unspecified atom stereocenters. The second-order valence-corrected chi connectivity index (χ2v) is 18.8. The van der Waals surface area contributed by atoms with Crippen molar-refractivity contribution in [2.45, 2.75) is 69.2 Å². The number of piperidine rings is 3. The standard InChI is InChI=1S/C49H51N9O7.C2HF3O2/c50-45(61)43-44(33-9-11-36(12-10-33)65-35-4-2-1-3-5-35)53-58-39(16-21-51-46(43)58)32-17-24-55(25-18-32)42(60)29-54-22-19-34(20-23-54)56-27-31(28-56)7-6-30-8-13-37-38(26-30)49(64)57(48(37)63)40-14-15-41(59)52-47(40)62;3-2(4,5)1(6)7/h1-5,8-13,26,31-32,34,39-40,51H,14-25,27-29H2,(H2,50,61)(H,52,59,62);(H,6,7)/t39-,40?;/m0./s1. The number of hydrogen-bond acceptors (Lipinski definition) is 12. The van der Waals surface area contributed by atoms with E-state index in [1.165, 1.54) is 0 Å². The molecule has 4 aromatic rings. The second-order valence-electron chi connectivity index (χ2n) is 18.8. The topological polar surface area (TPSA) is 230 Å². The summed E-state index contributed by atoms with van der Waals surface area (Å²) in [5.41, 5.74) is 8.79. The Hall–Kier alpha value is -7.57. The quantitative estimate of drug-likeness (QED) is 0.134. The number of benzene rings is 3. The number of imide groups is 2. The van der Waals surface area contributed by atoms with Gasteiger partial charge in [-0.15, -0.1) is 0 Å². The number of aromatic nitrogens is 2. The summed E-state index contributed by atoms with van der Waals surface area (Å²) in [6, 6.07) is 21.6. The number of nitrogens with one attached hydrogen (secondary N) is 2. The number of anilines is 1. The molecule has 0 saturated carbocycles. The highest BCUT2D eigenvalue weighted by Gasteiger charge is 2.45. The number of carboxylic acids is 1. The lowest BCUT2D eigenvalue weighted by atomic mass is 9.86. The first kappa shape index (κ1) is 49.4. The van der Waals surface area contributed by atoms with E-state index in [4.69, 9.17) is 25.5 Å². The van der Waals surface area contributed by atoms with Crippen molar-refractivity contribution in [1.82, 2.24) is 34.7 Å². The number of carbonyl (C=O) groups is 7. The van der Waals surface area contributed by atoms with Crippen LogP contribution in [0.25, 0.3) is 11.3 Å². The van der Waals surface area contributed by atoms with Crippen molar-refractivity contribution >= 4 is 47.2 Å². The van der Waals surface area contributed by atoms with Crippen molar-refractivity contribution in [3.8, 4) is 34.6 Å². The number of amides is 6. The minimum absolute atomic E-state index is 0.0726. The van der Waals surface area contributed by atoms with Gasteiger partial charge in [0.1, 0.15) is 34.6 Å². The molecule has 10 rings (SSSR count). The number of primary amides is 1. The van der Waals surface area contributed by atoms with Crippen molar-refractivity contribution in [1.29, 1.82) is 0 Å². The Balaban J connectivity index is 0.000000853. The Morgan fingerprint density at radius 1 is 0.833 bits per heavy atom. The van der Waals surface area contributed by atoms with Crippen LogP contribution in [0.4, 0.5) is 19.0 Å². The second kappa shape index (κ2) is 20.6. The molecule has 0 radical (unpaired) electrons. The first-order valence-corrected chi connectivity index (χ1v) is 23.9. The van der Waals surface area contributed by atoms with Gasteiger partial charge in [0.15, 0.2) is 0 Å². The fourth-order valence-electron chi connectivity index (χ4n) is 10.4. The molecular weight excluding hydrogens is 940 g/mol. The summed E-state index contributed by atoms with van der Waals surface area (Å²) in [5, 5.41) is 17.8. The summed E-state index contributed by atoms with van der Waals surface area (Å²) < 4.78 is 39.7. The maximum atomic E-state index is 13.6. The maximum Gasteiger partial charge on any atom is 0.490 e. The number of rotatable bonds is 9. The number of aliphatic carboxylic acids is 1. The summed E-state index contributed by atoms with van der Waals surface area (Å²) >= 11 is 0. The van der Waals surface area contributed by atoms with Crippen LogP contribution in [-0.2, 0) is 19.2 Å². The third-order valence-electron chi connectivity index (χ3n) is 14.2. The van der Waals surface area contributed by atoms with Gasteiger partial charge < -0.3 is 25.8 Å². The monoisotopic (exact) mass is 991 g/mol. The molecule has 6 amide bonds. The molecule has 72 heavy (non-hydrogen) atoms. The lowest BCUT2D eigenvalue weighted by molar-refractivity contribution is -0.192. The number of nitrogens with zero attached hydrogens (tertiary/aromatic N) is 6. The number of likely N-dealkylation sites (tertiary alicyclic amines) is 3. The summed E-state index contributed by atoms with van der Waals surface area (Å²) in [4.78, 5) is 93.3. The first-order valence-electron chi connectivity index (χ1n) is 23.9. The van der Waals surface area contributed by atoms with E-state index in [-0.39, 0.29) is 41.8 Å². The molecule has 376 valence electrons. The molecule has 6 aliphatic heterocycles. The van der Waals surface area contributed by atoms with Crippen LogP contribution in [0.3, 0.4) is 0 Å². The average Bonchev–Trinajstić information content (AvgIpc) is 3.86. The zero-order valence-corrected chi connectivity index (χ0v) is 39.0. The largest absolute Gasteiger partial charge is 0.490 e. The third kappa shape index (κ3) is 10.6. The van der Waals surface area contributed by atoms with E-state index in [0.717, 1.165) is 74.5 Å². The van der Waals surface area contributed by atoms with Crippen LogP contribution < -0.4 is 21.1 Å². The molecule has 21 heteroatoms. The highest BCUT2D eigenvalue weighted by molar-refractivity contribution is 6.23. The van der Waals surface area contributed by atoms with Crippen LogP contribution in [0.1, 0.15) is 87.6 Å². The summed E-state index contributed by atoms with van der Waals surface area (Å²) in [6.07, 6.45) is -0.340. The minimum Gasteiger partial charge on any atom is -0.475 e. The van der Waals surface area contributed by atoms with E-state index in [0.29, 0.717) is 66.5 Å². The number of para-hydroxylation sites is 1. The number of fused-ring (bicyclic) bond motifs is 2. The summed E-state index contributed by atoms with van der Waals surface area (Å²) in [6.45, 7) is 5.95. The van der Waals surface area contributed by atoms with Crippen LogP contribution in [0.2, 0.25) is 0 Å². The van der Waals surface area contributed by atoms with Gasteiger partial charge in [0, 0.05) is 75.3 Å². The van der Waals surface area contributed by atoms with Gasteiger partial charge in [0.25, 0.3) is 17.7 Å². The highest BCUT2D eigenvalue weighted by Crippen LogP contribution is 2.40. The van der Waals surface area contributed by atoms with Gasteiger partial charge in [-0.25, -0.2) is 9.48 Å². The van der Waals surface area contributed by atoms with Gasteiger partial charge in [-0.1, -0.05) is 30.0 Å². The molecule has 7 heterocycles. The predicted molar refractivity (Wildman–Crippen MR) is 252 cm³/mol. The molecule has 2 atom stereocenters. The molecule has 4 fully saturated rings. The van der Waals surface area contributed by atoms with Crippen molar-refractivity contribution in [3.05, 3.63) is 95.1 Å². The number of carboxylic acid groups (broad SMARTS) is 1. The highest BCUT2D eigenvalue weighted by atomic mass is 19.4. The number of carbonyl (C=O) groups excluding carboxylic acids is 6. The van der Waals surface area contributed by atoms with Crippen molar-refractivity contribution in [3.63, 3.8) is 0 Å². The smallest absolute Gasteiger partial charge is 0.475 e. The van der Waals surface area contributed by atoms with Gasteiger partial charge in [-0.05, 0) is 99.0 Å². The first-order chi connectivity index (χ1) is 34.5.